The topological polar surface area (TPSA) is 80.8 Å². The Kier molecular flexibility index (Phi) is 6.23. The van der Waals surface area contributed by atoms with Gasteiger partial charge in [0, 0.05) is 22.7 Å². The van der Waals surface area contributed by atoms with E-state index in [4.69, 9.17) is 4.74 Å². The van der Waals surface area contributed by atoms with Gasteiger partial charge < -0.3 is 9.64 Å². The number of rotatable bonds is 6. The van der Waals surface area contributed by atoms with E-state index in [1.165, 1.54) is 35.3 Å². The van der Waals surface area contributed by atoms with Crippen molar-refractivity contribution < 1.29 is 27.1 Å². The molecular weight excluding hydrogens is 397 g/mol. The fraction of sp³-hybridized carbons (Fsp3) is 0.143. The van der Waals surface area contributed by atoms with E-state index < -0.39 is 40.2 Å². The van der Waals surface area contributed by atoms with Crippen LogP contribution in [-0.2, 0) is 24.2 Å². The number of carbonyl (C=O) groups is 2. The van der Waals surface area contributed by atoms with Crippen LogP contribution < -0.4 is 4.90 Å². The minimum atomic E-state index is -3.39. The molecule has 1 amide bonds. The molecule has 0 saturated carbocycles. The molecule has 150 valence electrons. The molecule has 0 fully saturated rings. The molecule has 0 saturated heterocycles. The Bertz CT molecular complexity index is 1060. The lowest BCUT2D eigenvalue weighted by Crippen LogP contribution is -2.43. The summed E-state index contributed by atoms with van der Waals surface area (Å²) in [6.07, 6.45) is 3.71. The van der Waals surface area contributed by atoms with Crippen molar-refractivity contribution in [2.24, 2.45) is 0 Å². The molecule has 1 aliphatic rings. The van der Waals surface area contributed by atoms with Gasteiger partial charge in [0.2, 0.25) is 0 Å². The third kappa shape index (κ3) is 5.39. The summed E-state index contributed by atoms with van der Waals surface area (Å²) in [6.45, 7) is -0.584. The van der Waals surface area contributed by atoms with Gasteiger partial charge in [0.05, 0.1) is 11.8 Å². The Balaban J connectivity index is 1.68. The van der Waals surface area contributed by atoms with Crippen molar-refractivity contribution in [3.8, 4) is 0 Å². The van der Waals surface area contributed by atoms with E-state index in [2.05, 4.69) is 0 Å². The van der Waals surface area contributed by atoms with Crippen molar-refractivity contribution in [2.45, 2.75) is 6.04 Å². The van der Waals surface area contributed by atoms with Gasteiger partial charge in [0.1, 0.15) is 5.82 Å². The second kappa shape index (κ2) is 8.83. The van der Waals surface area contributed by atoms with Crippen molar-refractivity contribution in [2.75, 3.05) is 17.3 Å². The lowest BCUT2D eigenvalue weighted by atomic mass is 10.2. The smallest absolute Gasteiger partial charge is 0.331 e. The number of amides is 1. The average molecular weight is 415 g/mol. The standard InChI is InChI=1S/C21H18FNO5S/c22-19-9-5-4-6-16(19)10-11-21(25)28-14-20(24)23(17-7-2-1-3-8-17)18-12-13-29(26,27)15-18/h1-13,18H,14-15H2/b11-10+. The highest BCUT2D eigenvalue weighted by Gasteiger charge is 2.31. The zero-order valence-electron chi connectivity index (χ0n) is 15.3. The van der Waals surface area contributed by atoms with Gasteiger partial charge in [-0.15, -0.1) is 0 Å². The molecule has 0 radical (unpaired) electrons. The number of esters is 1. The summed E-state index contributed by atoms with van der Waals surface area (Å²) in [5, 5.41) is 1.07. The lowest BCUT2D eigenvalue weighted by molar-refractivity contribution is -0.143. The summed E-state index contributed by atoms with van der Waals surface area (Å²) in [7, 11) is -3.39. The predicted octanol–water partition coefficient (Wildman–Crippen LogP) is 2.73. The van der Waals surface area contributed by atoms with Gasteiger partial charge in [-0.2, -0.15) is 0 Å². The fourth-order valence-corrected chi connectivity index (χ4v) is 4.12. The van der Waals surface area contributed by atoms with E-state index in [1.54, 1.807) is 36.4 Å². The summed E-state index contributed by atoms with van der Waals surface area (Å²) in [5.74, 6) is -2.12. The number of halogens is 1. The summed E-state index contributed by atoms with van der Waals surface area (Å²) in [5.41, 5.74) is 0.699. The van der Waals surface area contributed by atoms with Gasteiger partial charge in [-0.05, 0) is 30.4 Å². The number of hydrogen-bond acceptors (Lipinski definition) is 5. The highest BCUT2D eigenvalue weighted by molar-refractivity contribution is 7.94. The first kappa shape index (κ1) is 20.5. The normalized spacial score (nSPS) is 17.3. The summed E-state index contributed by atoms with van der Waals surface area (Å²) < 4.78 is 42.1. The largest absolute Gasteiger partial charge is 0.452 e. The predicted molar refractivity (Wildman–Crippen MR) is 107 cm³/mol. The van der Waals surface area contributed by atoms with Gasteiger partial charge >= 0.3 is 5.97 Å². The monoisotopic (exact) mass is 415 g/mol. The Morgan fingerprint density at radius 1 is 1.10 bits per heavy atom. The molecule has 29 heavy (non-hydrogen) atoms. The molecule has 1 heterocycles. The molecule has 1 atom stereocenters. The van der Waals surface area contributed by atoms with Gasteiger partial charge in [-0.1, -0.05) is 36.4 Å². The van der Waals surface area contributed by atoms with Crippen LogP contribution in [-0.4, -0.2) is 38.7 Å². The van der Waals surface area contributed by atoms with Crippen molar-refractivity contribution in [1.82, 2.24) is 0 Å². The minimum absolute atomic E-state index is 0.211. The van der Waals surface area contributed by atoms with Crippen molar-refractivity contribution in [3.63, 3.8) is 0 Å². The molecule has 0 spiro atoms. The molecule has 6 nitrogen and oxygen atoms in total. The Hall–Kier alpha value is -3.26. The lowest BCUT2D eigenvalue weighted by Gasteiger charge is -2.27. The SMILES string of the molecule is O=C(/C=C/c1ccccc1F)OCC(=O)N(c1ccccc1)C1C=CS(=O)(=O)C1. The highest BCUT2D eigenvalue weighted by Crippen LogP contribution is 2.22. The van der Waals surface area contributed by atoms with Crippen LogP contribution in [0.25, 0.3) is 6.08 Å². The first-order valence-electron chi connectivity index (χ1n) is 8.73. The van der Waals surface area contributed by atoms with Gasteiger partial charge in [-0.25, -0.2) is 17.6 Å². The maximum atomic E-state index is 13.6. The van der Waals surface area contributed by atoms with Crippen molar-refractivity contribution in [3.05, 3.63) is 83.5 Å². The number of nitrogens with zero attached hydrogens (tertiary/aromatic N) is 1. The zero-order valence-corrected chi connectivity index (χ0v) is 16.1. The first-order chi connectivity index (χ1) is 13.9. The number of hydrogen-bond donors (Lipinski definition) is 0. The van der Waals surface area contributed by atoms with E-state index in [9.17, 15) is 22.4 Å². The van der Waals surface area contributed by atoms with Gasteiger partial charge in [0.15, 0.2) is 16.4 Å². The number of benzene rings is 2. The maximum Gasteiger partial charge on any atom is 0.331 e. The van der Waals surface area contributed by atoms with Crippen molar-refractivity contribution >= 4 is 33.5 Å². The van der Waals surface area contributed by atoms with Crippen LogP contribution in [0.5, 0.6) is 0 Å². The van der Waals surface area contributed by atoms with E-state index >= 15 is 0 Å². The van der Waals surface area contributed by atoms with E-state index in [0.717, 1.165) is 11.5 Å². The molecule has 3 rings (SSSR count). The molecule has 0 aromatic heterocycles. The summed E-state index contributed by atoms with van der Waals surface area (Å²) >= 11 is 0. The van der Waals surface area contributed by atoms with Crippen LogP contribution in [0, 0.1) is 5.82 Å². The maximum absolute atomic E-state index is 13.6. The third-order valence-corrected chi connectivity index (χ3v) is 5.57. The quantitative estimate of drug-likeness (QED) is 0.535. The molecule has 1 unspecified atom stereocenters. The summed E-state index contributed by atoms with van der Waals surface area (Å²) in [4.78, 5) is 25.9. The first-order valence-corrected chi connectivity index (χ1v) is 10.4. The van der Waals surface area contributed by atoms with E-state index in [1.807, 2.05) is 0 Å². The fourth-order valence-electron chi connectivity index (χ4n) is 2.85. The third-order valence-electron chi connectivity index (χ3n) is 4.19. The van der Waals surface area contributed by atoms with Crippen LogP contribution in [0.15, 0.2) is 72.2 Å². The van der Waals surface area contributed by atoms with Crippen LogP contribution in [0.4, 0.5) is 10.1 Å². The average Bonchev–Trinajstić information content (AvgIpc) is 3.06. The Labute approximate surface area is 167 Å². The summed E-state index contributed by atoms with van der Waals surface area (Å²) in [6, 6.07) is 13.7. The molecule has 0 aliphatic carbocycles. The van der Waals surface area contributed by atoms with Gasteiger partial charge in [-0.3, -0.25) is 4.79 Å². The second-order valence-corrected chi connectivity index (χ2v) is 8.22. The molecule has 1 aliphatic heterocycles. The number of carbonyl (C=O) groups excluding carboxylic acids is 2. The molecule has 2 aromatic carbocycles. The van der Waals surface area contributed by atoms with Crippen LogP contribution in [0.2, 0.25) is 0 Å². The number of anilines is 1. The Morgan fingerprint density at radius 3 is 2.45 bits per heavy atom. The molecule has 0 bridgehead atoms. The zero-order chi connectivity index (χ0) is 20.9. The van der Waals surface area contributed by atoms with Crippen LogP contribution >= 0.6 is 0 Å². The van der Waals surface area contributed by atoms with Crippen molar-refractivity contribution in [1.29, 1.82) is 0 Å². The number of sulfone groups is 1. The molecular formula is C21H18FNO5S. The van der Waals surface area contributed by atoms with Crippen LogP contribution in [0.1, 0.15) is 5.56 Å². The number of para-hydroxylation sites is 1. The molecule has 2 aromatic rings. The minimum Gasteiger partial charge on any atom is -0.452 e. The second-order valence-electron chi connectivity index (χ2n) is 6.29. The van der Waals surface area contributed by atoms with Gasteiger partial charge in [0.25, 0.3) is 5.91 Å². The molecule has 8 heteroatoms. The van der Waals surface area contributed by atoms with E-state index in [0.29, 0.717) is 5.69 Å². The molecule has 0 N–H and O–H groups in total. The van der Waals surface area contributed by atoms with Crippen LogP contribution in [0.3, 0.4) is 0 Å². The van der Waals surface area contributed by atoms with E-state index in [-0.39, 0.29) is 11.3 Å². The highest BCUT2D eigenvalue weighted by atomic mass is 32.2. The Morgan fingerprint density at radius 2 is 1.79 bits per heavy atom. The number of ether oxygens (including phenoxy) is 1.